The number of rotatable bonds is 5. The van der Waals surface area contributed by atoms with Gasteiger partial charge in [0.1, 0.15) is 0 Å². The molecule has 4 nitrogen and oxygen atoms in total. The molecule has 5 heteroatoms. The number of anilines is 2. The molecule has 2 aromatic rings. The quantitative estimate of drug-likeness (QED) is 0.911. The third-order valence-corrected chi connectivity index (χ3v) is 3.90. The molecule has 0 amide bonds. The summed E-state index contributed by atoms with van der Waals surface area (Å²) in [6.45, 7) is 2.81. The fourth-order valence-corrected chi connectivity index (χ4v) is 2.62. The molecule has 0 aliphatic carbocycles. The van der Waals surface area contributed by atoms with E-state index in [1.807, 2.05) is 25.1 Å². The van der Waals surface area contributed by atoms with Crippen LogP contribution in [0.15, 0.2) is 24.3 Å². The average molecular weight is 277 g/mol. The summed E-state index contributed by atoms with van der Waals surface area (Å²) in [4.78, 5) is 7.53. The van der Waals surface area contributed by atoms with Gasteiger partial charge in [0.25, 0.3) is 0 Å². The van der Waals surface area contributed by atoms with Crippen molar-refractivity contribution < 1.29 is 4.74 Å². The van der Waals surface area contributed by atoms with Crippen LogP contribution in [0.1, 0.15) is 10.4 Å². The van der Waals surface area contributed by atoms with E-state index in [2.05, 4.69) is 35.4 Å². The van der Waals surface area contributed by atoms with Gasteiger partial charge < -0.3 is 15.0 Å². The summed E-state index contributed by atoms with van der Waals surface area (Å²) in [5.41, 5.74) is 2.36. The summed E-state index contributed by atoms with van der Waals surface area (Å²) in [5.74, 6) is 0.703. The number of thiazole rings is 1. The van der Waals surface area contributed by atoms with Crippen LogP contribution in [0.3, 0.4) is 0 Å². The van der Waals surface area contributed by atoms with Crippen molar-refractivity contribution in [2.45, 2.75) is 13.5 Å². The number of aromatic nitrogens is 1. The highest BCUT2D eigenvalue weighted by Gasteiger charge is 2.12. The SMILES string of the molecule is COc1nc(N(C)C)sc1CNc1cccc(C)c1. The van der Waals surface area contributed by atoms with E-state index in [4.69, 9.17) is 4.74 Å². The second-order valence-electron chi connectivity index (χ2n) is 4.55. The largest absolute Gasteiger partial charge is 0.480 e. The first kappa shape index (κ1) is 13.7. The van der Waals surface area contributed by atoms with E-state index in [9.17, 15) is 0 Å². The lowest BCUT2D eigenvalue weighted by Crippen LogP contribution is -2.07. The highest BCUT2D eigenvalue weighted by Crippen LogP contribution is 2.30. The lowest BCUT2D eigenvalue weighted by Gasteiger charge is -2.06. The molecule has 0 radical (unpaired) electrons. The van der Waals surface area contributed by atoms with Gasteiger partial charge >= 0.3 is 0 Å². The highest BCUT2D eigenvalue weighted by atomic mass is 32.1. The molecule has 0 saturated carbocycles. The van der Waals surface area contributed by atoms with Crippen LogP contribution in [-0.4, -0.2) is 26.2 Å². The van der Waals surface area contributed by atoms with E-state index in [0.29, 0.717) is 5.88 Å². The third-order valence-electron chi connectivity index (χ3n) is 2.70. The smallest absolute Gasteiger partial charge is 0.231 e. The first-order valence-electron chi connectivity index (χ1n) is 6.11. The van der Waals surface area contributed by atoms with Crippen LogP contribution in [0, 0.1) is 6.92 Å². The highest BCUT2D eigenvalue weighted by molar-refractivity contribution is 7.15. The molecule has 0 bridgehead atoms. The molecule has 0 atom stereocenters. The van der Waals surface area contributed by atoms with E-state index in [0.717, 1.165) is 22.2 Å². The summed E-state index contributed by atoms with van der Waals surface area (Å²) in [7, 11) is 5.62. The molecular weight excluding hydrogens is 258 g/mol. The van der Waals surface area contributed by atoms with Crippen LogP contribution in [-0.2, 0) is 6.54 Å². The van der Waals surface area contributed by atoms with Crippen molar-refractivity contribution in [2.24, 2.45) is 0 Å². The summed E-state index contributed by atoms with van der Waals surface area (Å²) in [5, 5.41) is 4.36. The number of nitrogens with zero attached hydrogens (tertiary/aromatic N) is 2. The van der Waals surface area contributed by atoms with Crippen molar-refractivity contribution in [1.82, 2.24) is 4.98 Å². The van der Waals surface area contributed by atoms with Crippen LogP contribution < -0.4 is 15.0 Å². The Morgan fingerprint density at radius 3 is 2.79 bits per heavy atom. The molecule has 102 valence electrons. The minimum atomic E-state index is 0.703. The number of hydrogen-bond acceptors (Lipinski definition) is 5. The van der Waals surface area contributed by atoms with Gasteiger partial charge in [0.05, 0.1) is 18.5 Å². The Balaban J connectivity index is 2.10. The third kappa shape index (κ3) is 3.38. The molecule has 0 fully saturated rings. The number of nitrogens with one attached hydrogen (secondary N) is 1. The molecule has 0 aliphatic heterocycles. The molecule has 1 aromatic heterocycles. The molecule has 0 unspecified atom stereocenters. The second kappa shape index (κ2) is 5.93. The molecule has 1 aromatic carbocycles. The van der Waals surface area contributed by atoms with Crippen LogP contribution in [0.2, 0.25) is 0 Å². The lowest BCUT2D eigenvalue weighted by molar-refractivity contribution is 0.397. The first-order valence-corrected chi connectivity index (χ1v) is 6.93. The van der Waals surface area contributed by atoms with Gasteiger partial charge in [-0.2, -0.15) is 4.98 Å². The second-order valence-corrected chi connectivity index (χ2v) is 5.61. The van der Waals surface area contributed by atoms with Gasteiger partial charge in [-0.05, 0) is 24.6 Å². The summed E-state index contributed by atoms with van der Waals surface area (Å²) >= 11 is 1.64. The van der Waals surface area contributed by atoms with Gasteiger partial charge in [-0.15, -0.1) is 0 Å². The standard InChI is InChI=1S/C14H19N3OS/c1-10-6-5-7-11(8-10)15-9-12-13(18-4)16-14(19-12)17(2)3/h5-8,15H,9H2,1-4H3. The van der Waals surface area contributed by atoms with Gasteiger partial charge in [0, 0.05) is 19.8 Å². The molecule has 19 heavy (non-hydrogen) atoms. The van der Waals surface area contributed by atoms with Crippen molar-refractivity contribution in [3.63, 3.8) is 0 Å². The predicted molar refractivity (Wildman–Crippen MR) is 81.5 cm³/mol. The fourth-order valence-electron chi connectivity index (χ4n) is 1.73. The van der Waals surface area contributed by atoms with E-state index >= 15 is 0 Å². The number of hydrogen-bond donors (Lipinski definition) is 1. The maximum Gasteiger partial charge on any atom is 0.231 e. The van der Waals surface area contributed by atoms with E-state index in [1.54, 1.807) is 18.4 Å². The predicted octanol–water partition coefficient (Wildman–Crippen LogP) is 3.14. The molecule has 0 spiro atoms. The molecule has 0 saturated heterocycles. The minimum absolute atomic E-state index is 0.703. The number of aryl methyl sites for hydroxylation is 1. The Kier molecular flexibility index (Phi) is 4.27. The van der Waals surface area contributed by atoms with Gasteiger partial charge in [-0.3, -0.25) is 0 Å². The van der Waals surface area contributed by atoms with Gasteiger partial charge in [-0.25, -0.2) is 0 Å². The van der Waals surface area contributed by atoms with E-state index < -0.39 is 0 Å². The minimum Gasteiger partial charge on any atom is -0.480 e. The monoisotopic (exact) mass is 277 g/mol. The summed E-state index contributed by atoms with van der Waals surface area (Å²) in [6.07, 6.45) is 0. The average Bonchev–Trinajstić information content (AvgIpc) is 2.80. The lowest BCUT2D eigenvalue weighted by atomic mass is 10.2. The summed E-state index contributed by atoms with van der Waals surface area (Å²) < 4.78 is 5.32. The Labute approximate surface area is 118 Å². The number of ether oxygens (including phenoxy) is 1. The molecule has 2 rings (SSSR count). The van der Waals surface area contributed by atoms with Gasteiger partial charge in [0.15, 0.2) is 5.13 Å². The van der Waals surface area contributed by atoms with Crippen LogP contribution in [0.4, 0.5) is 10.8 Å². The van der Waals surface area contributed by atoms with E-state index in [-0.39, 0.29) is 0 Å². The first-order chi connectivity index (χ1) is 9.10. The Bertz CT molecular complexity index is 551. The van der Waals surface area contributed by atoms with Crippen LogP contribution >= 0.6 is 11.3 Å². The van der Waals surface area contributed by atoms with Crippen molar-refractivity contribution in [1.29, 1.82) is 0 Å². The van der Waals surface area contributed by atoms with Crippen molar-refractivity contribution in [2.75, 3.05) is 31.4 Å². The van der Waals surface area contributed by atoms with Crippen molar-refractivity contribution >= 4 is 22.2 Å². The van der Waals surface area contributed by atoms with Crippen LogP contribution in [0.5, 0.6) is 5.88 Å². The number of benzene rings is 1. The van der Waals surface area contributed by atoms with Crippen LogP contribution in [0.25, 0.3) is 0 Å². The van der Waals surface area contributed by atoms with Crippen molar-refractivity contribution in [3.05, 3.63) is 34.7 Å². The maximum atomic E-state index is 5.32. The topological polar surface area (TPSA) is 37.4 Å². The Hall–Kier alpha value is -1.75. The molecule has 1 N–H and O–H groups in total. The van der Waals surface area contributed by atoms with Gasteiger partial charge in [-0.1, -0.05) is 23.5 Å². The zero-order chi connectivity index (χ0) is 13.8. The molecular formula is C14H19N3OS. The zero-order valence-corrected chi connectivity index (χ0v) is 12.5. The molecule has 0 aliphatic rings. The summed E-state index contributed by atoms with van der Waals surface area (Å²) in [6, 6.07) is 8.32. The molecule has 1 heterocycles. The Morgan fingerprint density at radius 1 is 1.37 bits per heavy atom. The maximum absolute atomic E-state index is 5.32. The van der Waals surface area contributed by atoms with Crippen molar-refractivity contribution in [3.8, 4) is 5.88 Å². The fraction of sp³-hybridized carbons (Fsp3) is 0.357. The number of methoxy groups -OCH3 is 1. The Morgan fingerprint density at radius 2 is 2.16 bits per heavy atom. The normalized spacial score (nSPS) is 10.3. The zero-order valence-electron chi connectivity index (χ0n) is 11.7. The van der Waals surface area contributed by atoms with E-state index in [1.165, 1.54) is 5.56 Å². The van der Waals surface area contributed by atoms with Gasteiger partial charge in [0.2, 0.25) is 5.88 Å².